The van der Waals surface area contributed by atoms with Gasteiger partial charge in [-0.25, -0.2) is 0 Å². The van der Waals surface area contributed by atoms with Crippen molar-refractivity contribution in [2.75, 3.05) is 18.6 Å². The van der Waals surface area contributed by atoms with E-state index in [1.165, 1.54) is 16.2 Å². The number of hydrogen-bond donors (Lipinski definition) is 0. The number of nitrogens with zero attached hydrogens (tertiary/aromatic N) is 3. The summed E-state index contributed by atoms with van der Waals surface area (Å²) in [4.78, 5) is 28.4. The van der Waals surface area contributed by atoms with Crippen LogP contribution in [0.2, 0.25) is 0 Å². The van der Waals surface area contributed by atoms with E-state index in [0.717, 1.165) is 12.8 Å². The van der Waals surface area contributed by atoms with E-state index in [4.69, 9.17) is 13.9 Å². The molecule has 168 valence electrons. The quantitative estimate of drug-likeness (QED) is 0.370. The van der Waals surface area contributed by atoms with Crippen molar-refractivity contribution >= 4 is 33.3 Å². The van der Waals surface area contributed by atoms with Crippen molar-refractivity contribution < 1.29 is 18.7 Å². The lowest BCUT2D eigenvalue weighted by Gasteiger charge is -2.23. The second-order valence-corrected chi connectivity index (χ2v) is 8.39. The Hall–Kier alpha value is -3.72. The summed E-state index contributed by atoms with van der Waals surface area (Å²) < 4.78 is 17.3. The summed E-state index contributed by atoms with van der Waals surface area (Å²) in [6, 6.07) is 11.6. The first-order valence-corrected chi connectivity index (χ1v) is 11.5. The normalized spacial score (nSPS) is 15.2. The summed E-state index contributed by atoms with van der Waals surface area (Å²) in [5.41, 5.74) is 2.61. The minimum absolute atomic E-state index is 0.0149. The van der Waals surface area contributed by atoms with Gasteiger partial charge in [-0.2, -0.15) is 0 Å². The Morgan fingerprint density at radius 1 is 1.15 bits per heavy atom. The molecule has 2 aromatic heterocycles. The molecule has 0 spiro atoms. The van der Waals surface area contributed by atoms with Gasteiger partial charge >= 0.3 is 0 Å². The number of fused-ring (bicyclic) bond motifs is 2. The predicted octanol–water partition coefficient (Wildman–Crippen LogP) is 4.58. The summed E-state index contributed by atoms with van der Waals surface area (Å²) in [6.45, 7) is 2.67. The number of carbonyl (C=O) groups excluding carboxylic acids is 1. The van der Waals surface area contributed by atoms with Gasteiger partial charge < -0.3 is 13.9 Å². The molecule has 0 unspecified atom stereocenters. The third-order valence-electron chi connectivity index (χ3n) is 5.59. The minimum Gasteiger partial charge on any atom is -0.493 e. The van der Waals surface area contributed by atoms with Crippen LogP contribution >= 0.6 is 11.3 Å². The third-order valence-corrected chi connectivity index (χ3v) is 6.28. The summed E-state index contributed by atoms with van der Waals surface area (Å²) in [5, 5.41) is 8.76. The van der Waals surface area contributed by atoms with Crippen LogP contribution in [0.1, 0.15) is 47.5 Å². The number of amides is 1. The smallest absolute Gasteiger partial charge is 0.297 e. The van der Waals surface area contributed by atoms with Crippen molar-refractivity contribution in [2.24, 2.45) is 0 Å². The van der Waals surface area contributed by atoms with Gasteiger partial charge in [0.2, 0.25) is 10.9 Å². The lowest BCUT2D eigenvalue weighted by Crippen LogP contribution is -2.29. The van der Waals surface area contributed by atoms with E-state index < -0.39 is 11.9 Å². The molecule has 0 saturated heterocycles. The van der Waals surface area contributed by atoms with Crippen LogP contribution in [-0.4, -0.2) is 29.8 Å². The number of aromatic nitrogens is 2. The van der Waals surface area contributed by atoms with Gasteiger partial charge in [-0.05, 0) is 36.2 Å². The Bertz CT molecular complexity index is 1380. The molecular weight excluding hydrogens is 442 g/mol. The molecule has 5 rings (SSSR count). The molecule has 0 bridgehead atoms. The highest BCUT2D eigenvalue weighted by atomic mass is 32.1. The Morgan fingerprint density at radius 2 is 2.00 bits per heavy atom. The van der Waals surface area contributed by atoms with Gasteiger partial charge in [-0.15, -0.1) is 10.2 Å². The Balaban J connectivity index is 1.69. The van der Waals surface area contributed by atoms with Crippen LogP contribution in [-0.2, 0) is 0 Å². The van der Waals surface area contributed by atoms with Crippen molar-refractivity contribution in [3.8, 4) is 11.5 Å². The van der Waals surface area contributed by atoms with Crippen LogP contribution < -0.4 is 19.8 Å². The Kier molecular flexibility index (Phi) is 5.55. The molecule has 33 heavy (non-hydrogen) atoms. The van der Waals surface area contributed by atoms with Gasteiger partial charge in [0.1, 0.15) is 11.1 Å². The largest absolute Gasteiger partial charge is 0.493 e. The molecular formula is C24H21N3O5S. The van der Waals surface area contributed by atoms with E-state index in [2.05, 4.69) is 17.1 Å². The average molecular weight is 464 g/mol. The number of anilines is 1. The molecule has 0 radical (unpaired) electrons. The van der Waals surface area contributed by atoms with Gasteiger partial charge in [0.15, 0.2) is 16.9 Å². The van der Waals surface area contributed by atoms with E-state index in [1.54, 1.807) is 49.0 Å². The first kappa shape index (κ1) is 21.1. The second kappa shape index (κ2) is 8.67. The number of hydrogen-bond acceptors (Lipinski definition) is 8. The standard InChI is InChI=1S/C24H21N3O5S/c1-3-4-11-31-17-10-9-14(12-18(17)30-2)20-19-21(28)15-7-5-6-8-16(15)32-22(19)23(29)27(20)24-26-25-13-33-24/h5-10,12-13,20H,3-4,11H2,1-2H3/t20-/m1/s1. The number of benzene rings is 2. The highest BCUT2D eigenvalue weighted by Crippen LogP contribution is 2.43. The molecule has 1 aliphatic heterocycles. The number of para-hydroxylation sites is 1. The predicted molar refractivity (Wildman–Crippen MR) is 124 cm³/mol. The fraction of sp³-hybridized carbons (Fsp3) is 0.250. The fourth-order valence-corrected chi connectivity index (χ4v) is 4.59. The van der Waals surface area contributed by atoms with Gasteiger partial charge in [0.25, 0.3) is 5.91 Å². The summed E-state index contributed by atoms with van der Waals surface area (Å²) in [7, 11) is 1.56. The molecule has 1 atom stereocenters. The van der Waals surface area contributed by atoms with E-state index >= 15 is 0 Å². The SMILES string of the molecule is CCCCOc1ccc([C@@H]2c3c(oc4ccccc4c3=O)C(=O)N2c2nncs2)cc1OC. The van der Waals surface area contributed by atoms with Crippen molar-refractivity contribution in [3.05, 3.63) is 75.1 Å². The lowest BCUT2D eigenvalue weighted by molar-refractivity contribution is 0.0970. The van der Waals surface area contributed by atoms with Crippen molar-refractivity contribution in [1.82, 2.24) is 10.2 Å². The van der Waals surface area contributed by atoms with Crippen LogP contribution in [0, 0.1) is 0 Å². The molecule has 2 aromatic carbocycles. The van der Waals surface area contributed by atoms with Crippen LogP contribution in [0.5, 0.6) is 11.5 Å². The zero-order valence-electron chi connectivity index (χ0n) is 18.1. The van der Waals surface area contributed by atoms with E-state index in [1.807, 2.05) is 6.07 Å². The molecule has 3 heterocycles. The first-order valence-electron chi connectivity index (χ1n) is 10.6. The highest BCUT2D eigenvalue weighted by Gasteiger charge is 2.45. The molecule has 0 aliphatic carbocycles. The lowest BCUT2D eigenvalue weighted by atomic mass is 9.98. The van der Waals surface area contributed by atoms with Gasteiger partial charge in [-0.3, -0.25) is 14.5 Å². The maximum absolute atomic E-state index is 13.5. The summed E-state index contributed by atoms with van der Waals surface area (Å²) >= 11 is 1.21. The molecule has 1 aliphatic rings. The summed E-state index contributed by atoms with van der Waals surface area (Å²) in [5.74, 6) is 0.706. The number of rotatable bonds is 7. The maximum atomic E-state index is 13.5. The van der Waals surface area contributed by atoms with Crippen LogP contribution in [0.25, 0.3) is 11.0 Å². The Labute approximate surface area is 193 Å². The van der Waals surface area contributed by atoms with Crippen molar-refractivity contribution in [1.29, 1.82) is 0 Å². The number of unbranched alkanes of at least 4 members (excludes halogenated alkanes) is 1. The summed E-state index contributed by atoms with van der Waals surface area (Å²) in [6.07, 6.45) is 1.94. The van der Waals surface area contributed by atoms with Gasteiger partial charge in [-0.1, -0.05) is 42.9 Å². The van der Waals surface area contributed by atoms with Crippen molar-refractivity contribution in [3.63, 3.8) is 0 Å². The second-order valence-electron chi connectivity index (χ2n) is 7.58. The van der Waals surface area contributed by atoms with E-state index in [-0.39, 0.29) is 16.8 Å². The number of carbonyl (C=O) groups is 1. The van der Waals surface area contributed by atoms with E-state index in [0.29, 0.717) is 39.8 Å². The third kappa shape index (κ3) is 3.54. The molecule has 9 heteroatoms. The minimum atomic E-state index is -0.736. The maximum Gasteiger partial charge on any atom is 0.297 e. The topological polar surface area (TPSA) is 94.8 Å². The zero-order chi connectivity index (χ0) is 22.9. The van der Waals surface area contributed by atoms with Crippen molar-refractivity contribution in [2.45, 2.75) is 25.8 Å². The van der Waals surface area contributed by atoms with Crippen LogP contribution in [0.3, 0.4) is 0 Å². The molecule has 4 aromatic rings. The fourth-order valence-electron chi connectivity index (χ4n) is 4.00. The van der Waals surface area contributed by atoms with Gasteiger partial charge in [0, 0.05) is 0 Å². The van der Waals surface area contributed by atoms with Gasteiger partial charge in [0.05, 0.1) is 30.7 Å². The molecule has 1 amide bonds. The monoisotopic (exact) mass is 463 g/mol. The molecule has 8 nitrogen and oxygen atoms in total. The number of methoxy groups -OCH3 is 1. The van der Waals surface area contributed by atoms with Crippen LogP contribution in [0.15, 0.2) is 57.2 Å². The molecule has 0 N–H and O–H groups in total. The zero-order valence-corrected chi connectivity index (χ0v) is 18.9. The Morgan fingerprint density at radius 3 is 2.76 bits per heavy atom. The molecule has 0 saturated carbocycles. The number of ether oxygens (including phenoxy) is 2. The van der Waals surface area contributed by atoms with Crippen LogP contribution in [0.4, 0.5) is 5.13 Å². The first-order chi connectivity index (χ1) is 16.1. The average Bonchev–Trinajstić information content (AvgIpc) is 3.46. The molecule has 0 fully saturated rings. The highest BCUT2D eigenvalue weighted by molar-refractivity contribution is 7.13. The van der Waals surface area contributed by atoms with E-state index in [9.17, 15) is 9.59 Å².